The van der Waals surface area contributed by atoms with E-state index in [0.717, 1.165) is 62.0 Å². The predicted octanol–water partition coefficient (Wildman–Crippen LogP) is 4.47. The SMILES string of the molecule is CC(=O)N1CCC(N(CC(C)C)C2CCN(C(=O)C(Cc3ccc(Cl)cc3)NC(=O)CC3c4ccccc4CCN3C(C)=O)C2)CC1. The van der Waals surface area contributed by atoms with E-state index in [0.29, 0.717) is 43.0 Å². The van der Waals surface area contributed by atoms with Gasteiger partial charge in [0.05, 0.1) is 12.5 Å². The molecule has 3 unspecified atom stereocenters. The second kappa shape index (κ2) is 15.6. The lowest BCUT2D eigenvalue weighted by molar-refractivity contribution is -0.137. The van der Waals surface area contributed by atoms with E-state index in [4.69, 9.17) is 11.6 Å². The Hall–Kier alpha value is -3.43. The Balaban J connectivity index is 1.31. The minimum Gasteiger partial charge on any atom is -0.344 e. The van der Waals surface area contributed by atoms with Crippen molar-refractivity contribution in [1.82, 2.24) is 24.9 Å². The number of nitrogens with one attached hydrogen (secondary N) is 1. The number of rotatable bonds is 10. The zero-order valence-electron chi connectivity index (χ0n) is 28.3. The summed E-state index contributed by atoms with van der Waals surface area (Å²) >= 11 is 6.16. The van der Waals surface area contributed by atoms with Gasteiger partial charge in [0, 0.05) is 76.6 Å². The molecule has 9 nitrogen and oxygen atoms in total. The van der Waals surface area contributed by atoms with Crippen LogP contribution in [0.2, 0.25) is 5.02 Å². The first-order valence-electron chi connectivity index (χ1n) is 17.2. The molecular formula is C37H50ClN5O4. The summed E-state index contributed by atoms with van der Waals surface area (Å²) in [6.45, 7) is 11.9. The largest absolute Gasteiger partial charge is 0.344 e. The van der Waals surface area contributed by atoms with Crippen LogP contribution in [0.1, 0.15) is 76.1 Å². The van der Waals surface area contributed by atoms with Gasteiger partial charge in [-0.2, -0.15) is 0 Å². The monoisotopic (exact) mass is 663 g/mol. The van der Waals surface area contributed by atoms with Crippen molar-refractivity contribution < 1.29 is 19.2 Å². The molecule has 3 heterocycles. The van der Waals surface area contributed by atoms with Crippen molar-refractivity contribution in [1.29, 1.82) is 0 Å². The number of likely N-dealkylation sites (tertiary alicyclic amines) is 2. The molecule has 3 atom stereocenters. The van der Waals surface area contributed by atoms with Gasteiger partial charge in [0.15, 0.2) is 0 Å². The summed E-state index contributed by atoms with van der Waals surface area (Å²) in [5.41, 5.74) is 3.06. The Morgan fingerprint density at radius 2 is 1.53 bits per heavy atom. The molecule has 2 fully saturated rings. The van der Waals surface area contributed by atoms with Crippen LogP contribution in [0.3, 0.4) is 0 Å². The molecule has 0 radical (unpaired) electrons. The molecule has 10 heteroatoms. The number of nitrogens with zero attached hydrogens (tertiary/aromatic N) is 4. The molecule has 4 amide bonds. The van der Waals surface area contributed by atoms with Gasteiger partial charge in [-0.1, -0.05) is 61.8 Å². The van der Waals surface area contributed by atoms with Gasteiger partial charge < -0.3 is 20.0 Å². The van der Waals surface area contributed by atoms with E-state index in [2.05, 4.69) is 30.1 Å². The fourth-order valence-electron chi connectivity index (χ4n) is 7.70. The van der Waals surface area contributed by atoms with E-state index in [1.54, 1.807) is 30.9 Å². The number of hydrogen-bond donors (Lipinski definition) is 1. The average molecular weight is 664 g/mol. The van der Waals surface area contributed by atoms with E-state index in [9.17, 15) is 19.2 Å². The van der Waals surface area contributed by atoms with Crippen LogP contribution in [-0.2, 0) is 32.0 Å². The fraction of sp³-hybridized carbons (Fsp3) is 0.568. The van der Waals surface area contributed by atoms with E-state index in [1.807, 2.05) is 40.1 Å². The third kappa shape index (κ3) is 8.73. The lowest BCUT2D eigenvalue weighted by atomic mass is 9.90. The lowest BCUT2D eigenvalue weighted by Crippen LogP contribution is -2.53. The fourth-order valence-corrected chi connectivity index (χ4v) is 7.82. The number of carbonyl (C=O) groups excluding carboxylic acids is 4. The average Bonchev–Trinajstić information content (AvgIpc) is 3.54. The number of carbonyl (C=O) groups is 4. The van der Waals surface area contributed by atoms with Crippen molar-refractivity contribution in [3.63, 3.8) is 0 Å². The van der Waals surface area contributed by atoms with E-state index >= 15 is 0 Å². The highest BCUT2D eigenvalue weighted by Gasteiger charge is 2.38. The summed E-state index contributed by atoms with van der Waals surface area (Å²) < 4.78 is 0. The summed E-state index contributed by atoms with van der Waals surface area (Å²) in [5, 5.41) is 3.71. The molecule has 0 saturated carbocycles. The van der Waals surface area contributed by atoms with Crippen LogP contribution < -0.4 is 5.32 Å². The molecule has 5 rings (SSSR count). The Morgan fingerprint density at radius 3 is 2.19 bits per heavy atom. The van der Waals surface area contributed by atoms with Crippen LogP contribution in [0.15, 0.2) is 48.5 Å². The number of piperidine rings is 1. The lowest BCUT2D eigenvalue weighted by Gasteiger charge is -2.42. The van der Waals surface area contributed by atoms with Crippen LogP contribution in [-0.4, -0.2) is 101 Å². The Labute approximate surface area is 284 Å². The molecular weight excluding hydrogens is 614 g/mol. The second-order valence-corrected chi connectivity index (χ2v) is 14.3. The highest BCUT2D eigenvalue weighted by Crippen LogP contribution is 2.32. The predicted molar refractivity (Wildman–Crippen MR) is 184 cm³/mol. The third-order valence-electron chi connectivity index (χ3n) is 10.1. The maximum absolute atomic E-state index is 14.3. The first-order chi connectivity index (χ1) is 22.5. The molecule has 0 spiro atoms. The zero-order chi connectivity index (χ0) is 33.7. The summed E-state index contributed by atoms with van der Waals surface area (Å²) in [6, 6.07) is 14.9. The molecule has 0 bridgehead atoms. The number of fused-ring (bicyclic) bond motifs is 1. The molecule has 2 aromatic carbocycles. The second-order valence-electron chi connectivity index (χ2n) is 13.9. The number of halogens is 1. The maximum Gasteiger partial charge on any atom is 0.245 e. The van der Waals surface area contributed by atoms with Crippen LogP contribution in [0.5, 0.6) is 0 Å². The summed E-state index contributed by atoms with van der Waals surface area (Å²) in [7, 11) is 0. The summed E-state index contributed by atoms with van der Waals surface area (Å²) in [6.07, 6.45) is 3.94. The minimum atomic E-state index is -0.746. The molecule has 47 heavy (non-hydrogen) atoms. The van der Waals surface area contributed by atoms with E-state index in [1.165, 1.54) is 0 Å². The molecule has 0 aliphatic carbocycles. The van der Waals surface area contributed by atoms with Gasteiger partial charge in [-0.3, -0.25) is 24.1 Å². The number of benzene rings is 2. The molecule has 254 valence electrons. The topological polar surface area (TPSA) is 93.3 Å². The van der Waals surface area contributed by atoms with Gasteiger partial charge in [0.2, 0.25) is 23.6 Å². The molecule has 0 aromatic heterocycles. The van der Waals surface area contributed by atoms with Crippen molar-refractivity contribution in [3.8, 4) is 0 Å². The van der Waals surface area contributed by atoms with Crippen LogP contribution in [0.25, 0.3) is 0 Å². The first-order valence-corrected chi connectivity index (χ1v) is 17.6. The number of amides is 4. The van der Waals surface area contributed by atoms with Crippen molar-refractivity contribution in [2.75, 3.05) is 39.3 Å². The highest BCUT2D eigenvalue weighted by atomic mass is 35.5. The van der Waals surface area contributed by atoms with Crippen LogP contribution >= 0.6 is 11.6 Å². The van der Waals surface area contributed by atoms with Gasteiger partial charge >= 0.3 is 0 Å². The molecule has 2 saturated heterocycles. The molecule has 1 N–H and O–H groups in total. The molecule has 3 aliphatic rings. The van der Waals surface area contributed by atoms with E-state index in [-0.39, 0.29) is 42.1 Å². The van der Waals surface area contributed by atoms with Crippen molar-refractivity contribution in [3.05, 3.63) is 70.2 Å². The smallest absolute Gasteiger partial charge is 0.245 e. The van der Waals surface area contributed by atoms with E-state index < -0.39 is 6.04 Å². The van der Waals surface area contributed by atoms with Crippen LogP contribution in [0, 0.1) is 5.92 Å². The van der Waals surface area contributed by atoms with Crippen molar-refractivity contribution >= 4 is 35.2 Å². The first kappa shape index (κ1) is 34.9. The normalized spacial score (nSPS) is 20.8. The van der Waals surface area contributed by atoms with Crippen molar-refractivity contribution in [2.24, 2.45) is 5.92 Å². The van der Waals surface area contributed by atoms with Gasteiger partial charge in [0.1, 0.15) is 6.04 Å². The third-order valence-corrected chi connectivity index (χ3v) is 10.3. The zero-order valence-corrected chi connectivity index (χ0v) is 29.0. The van der Waals surface area contributed by atoms with Gasteiger partial charge in [-0.15, -0.1) is 0 Å². The Bertz CT molecular complexity index is 1420. The summed E-state index contributed by atoms with van der Waals surface area (Å²) in [5.74, 6) is 0.208. The quantitative estimate of drug-likeness (QED) is 0.405. The minimum absolute atomic E-state index is 0.0629. The molecule has 3 aliphatic heterocycles. The Morgan fingerprint density at radius 1 is 0.872 bits per heavy atom. The van der Waals surface area contributed by atoms with Gasteiger partial charge in [-0.25, -0.2) is 0 Å². The maximum atomic E-state index is 14.3. The highest BCUT2D eigenvalue weighted by molar-refractivity contribution is 6.30. The van der Waals surface area contributed by atoms with Crippen LogP contribution in [0.4, 0.5) is 0 Å². The van der Waals surface area contributed by atoms with Gasteiger partial charge in [0.25, 0.3) is 0 Å². The van der Waals surface area contributed by atoms with Gasteiger partial charge in [-0.05, 0) is 60.4 Å². The summed E-state index contributed by atoms with van der Waals surface area (Å²) in [4.78, 5) is 60.8. The molecule has 2 aromatic rings. The standard InChI is InChI=1S/C37H50ClN5O4/c1-25(2)23-43(31-14-17-40(18-15-31)26(3)44)32-16-19-41(24-32)37(47)34(21-28-9-11-30(38)12-10-28)39-36(46)22-35-33-8-6-5-7-29(33)13-20-42(35)27(4)45/h5-12,25,31-32,34-35H,13-24H2,1-4H3,(H,39,46). The Kier molecular flexibility index (Phi) is 11.6. The van der Waals surface area contributed by atoms with Crippen molar-refractivity contribution in [2.45, 2.75) is 90.4 Å². The number of hydrogen-bond acceptors (Lipinski definition) is 5.